The van der Waals surface area contributed by atoms with Gasteiger partial charge in [0.05, 0.1) is 22.8 Å². The molecule has 0 amide bonds. The van der Waals surface area contributed by atoms with Crippen LogP contribution in [0.5, 0.6) is 5.75 Å². The maximum absolute atomic E-state index is 10.7. The van der Waals surface area contributed by atoms with Crippen LogP contribution in [0.3, 0.4) is 0 Å². The van der Waals surface area contributed by atoms with Gasteiger partial charge in [0.1, 0.15) is 5.75 Å². The van der Waals surface area contributed by atoms with Crippen LogP contribution in [0.15, 0.2) is 18.2 Å². The minimum atomic E-state index is -3.44. The quantitative estimate of drug-likeness (QED) is 0.462. The van der Waals surface area contributed by atoms with Gasteiger partial charge in [-0.1, -0.05) is 6.07 Å². The minimum Gasteiger partial charge on any atom is -0.493 e. The second-order valence-electron chi connectivity index (χ2n) is 4.08. The van der Waals surface area contributed by atoms with Crippen LogP contribution in [-0.4, -0.2) is 25.7 Å². The van der Waals surface area contributed by atoms with Gasteiger partial charge in [0, 0.05) is 6.07 Å². The average molecular weight is 288 g/mol. The lowest BCUT2D eigenvalue weighted by molar-refractivity contribution is -0.385. The van der Waals surface area contributed by atoms with E-state index < -0.39 is 14.9 Å². The molecule has 19 heavy (non-hydrogen) atoms. The van der Waals surface area contributed by atoms with Crippen molar-refractivity contribution < 1.29 is 18.1 Å². The molecular formula is C11H16N2O5S. The Balaban J connectivity index is 2.50. The van der Waals surface area contributed by atoms with Crippen molar-refractivity contribution in [2.24, 2.45) is 5.14 Å². The lowest BCUT2D eigenvalue weighted by Crippen LogP contribution is -2.16. The zero-order valence-corrected chi connectivity index (χ0v) is 11.4. The largest absolute Gasteiger partial charge is 0.493 e. The molecule has 0 aliphatic rings. The van der Waals surface area contributed by atoms with Gasteiger partial charge in [0.25, 0.3) is 5.69 Å². The highest BCUT2D eigenvalue weighted by Gasteiger charge is 2.13. The van der Waals surface area contributed by atoms with Crippen molar-refractivity contribution >= 4 is 15.7 Å². The highest BCUT2D eigenvalue weighted by Crippen LogP contribution is 2.26. The Hall–Kier alpha value is -1.67. The number of nitro benzene ring substituents is 1. The smallest absolute Gasteiger partial charge is 0.276 e. The average Bonchev–Trinajstić information content (AvgIpc) is 2.28. The second-order valence-corrected chi connectivity index (χ2v) is 5.81. The Kier molecular flexibility index (Phi) is 5.25. The molecule has 106 valence electrons. The van der Waals surface area contributed by atoms with E-state index in [1.54, 1.807) is 19.1 Å². The first kappa shape index (κ1) is 15.4. The van der Waals surface area contributed by atoms with Crippen LogP contribution >= 0.6 is 0 Å². The predicted molar refractivity (Wildman–Crippen MR) is 70.5 cm³/mol. The van der Waals surface area contributed by atoms with E-state index in [1.165, 1.54) is 6.07 Å². The van der Waals surface area contributed by atoms with Crippen molar-refractivity contribution in [3.63, 3.8) is 0 Å². The fourth-order valence-corrected chi connectivity index (χ4v) is 2.15. The van der Waals surface area contributed by atoms with Gasteiger partial charge in [-0.3, -0.25) is 10.1 Å². The zero-order valence-electron chi connectivity index (χ0n) is 10.5. The summed E-state index contributed by atoms with van der Waals surface area (Å²) >= 11 is 0. The predicted octanol–water partition coefficient (Wildman–Crippen LogP) is 1.35. The lowest BCUT2D eigenvalue weighted by Gasteiger charge is -2.08. The molecular weight excluding hydrogens is 272 g/mol. The molecule has 0 radical (unpaired) electrons. The summed E-state index contributed by atoms with van der Waals surface area (Å²) in [5.74, 6) is 0.342. The Labute approximate surface area is 111 Å². The lowest BCUT2D eigenvalue weighted by atomic mass is 10.2. The molecule has 1 aromatic carbocycles. The van der Waals surface area contributed by atoms with Gasteiger partial charge in [-0.15, -0.1) is 0 Å². The number of hydrogen-bond acceptors (Lipinski definition) is 5. The van der Waals surface area contributed by atoms with Crippen LogP contribution in [0.25, 0.3) is 0 Å². The molecule has 0 aliphatic heterocycles. The first-order valence-electron chi connectivity index (χ1n) is 5.68. The number of nitro groups is 1. The summed E-state index contributed by atoms with van der Waals surface area (Å²) < 4.78 is 26.8. The Morgan fingerprint density at radius 1 is 1.37 bits per heavy atom. The Bertz CT molecular complexity index is 556. The topological polar surface area (TPSA) is 113 Å². The zero-order chi connectivity index (χ0) is 14.5. The number of hydrogen-bond donors (Lipinski definition) is 1. The normalized spacial score (nSPS) is 11.3. The maximum atomic E-state index is 10.7. The number of ether oxygens (including phenoxy) is 1. The van der Waals surface area contributed by atoms with Crippen LogP contribution in [-0.2, 0) is 10.0 Å². The minimum absolute atomic E-state index is 0.00189. The molecule has 1 rings (SSSR count). The highest BCUT2D eigenvalue weighted by atomic mass is 32.2. The Morgan fingerprint density at radius 3 is 2.63 bits per heavy atom. The van der Waals surface area contributed by atoms with Crippen molar-refractivity contribution in [1.82, 2.24) is 0 Å². The number of primary sulfonamides is 1. The highest BCUT2D eigenvalue weighted by molar-refractivity contribution is 7.89. The molecule has 7 nitrogen and oxygen atoms in total. The number of benzene rings is 1. The molecule has 2 N–H and O–H groups in total. The molecule has 0 atom stereocenters. The Morgan fingerprint density at radius 2 is 2.05 bits per heavy atom. The van der Waals surface area contributed by atoms with E-state index >= 15 is 0 Å². The van der Waals surface area contributed by atoms with E-state index in [4.69, 9.17) is 9.88 Å². The van der Waals surface area contributed by atoms with Gasteiger partial charge >= 0.3 is 0 Å². The summed E-state index contributed by atoms with van der Waals surface area (Å²) in [5, 5.41) is 15.6. The molecule has 0 saturated carbocycles. The van der Waals surface area contributed by atoms with E-state index in [1.807, 2.05) is 0 Å². The second kappa shape index (κ2) is 6.48. The molecule has 0 aliphatic carbocycles. The number of nitrogens with two attached hydrogens (primary N) is 1. The molecule has 1 aromatic rings. The van der Waals surface area contributed by atoms with Gasteiger partial charge in [-0.25, -0.2) is 13.6 Å². The third kappa shape index (κ3) is 5.23. The van der Waals surface area contributed by atoms with E-state index in [0.717, 1.165) is 0 Å². The van der Waals surface area contributed by atoms with Crippen LogP contribution < -0.4 is 9.88 Å². The van der Waals surface area contributed by atoms with Crippen molar-refractivity contribution in [1.29, 1.82) is 0 Å². The molecule has 0 unspecified atom stereocenters. The standard InChI is InChI=1S/C11H16N2O5S/c1-9-10(13(14)15)5-4-6-11(9)18-7-2-3-8-19(12,16)17/h4-6H,2-3,7-8H2,1H3,(H2,12,16,17). The first-order chi connectivity index (χ1) is 8.81. The number of rotatable bonds is 7. The molecule has 0 heterocycles. The number of nitrogens with zero attached hydrogens (tertiary/aromatic N) is 1. The monoisotopic (exact) mass is 288 g/mol. The maximum Gasteiger partial charge on any atom is 0.276 e. The fourth-order valence-electron chi connectivity index (χ4n) is 1.54. The van der Waals surface area contributed by atoms with Gasteiger partial charge in [-0.2, -0.15) is 0 Å². The summed E-state index contributed by atoms with van der Waals surface area (Å²) in [6, 6.07) is 4.59. The summed E-state index contributed by atoms with van der Waals surface area (Å²) in [6.07, 6.45) is 0.908. The number of sulfonamides is 1. The van der Waals surface area contributed by atoms with Crippen LogP contribution in [0.2, 0.25) is 0 Å². The van der Waals surface area contributed by atoms with Gasteiger partial charge < -0.3 is 4.74 Å². The molecule has 0 spiro atoms. The van der Waals surface area contributed by atoms with Crippen molar-refractivity contribution in [2.75, 3.05) is 12.4 Å². The summed E-state index contributed by atoms with van der Waals surface area (Å²) in [4.78, 5) is 10.3. The van der Waals surface area contributed by atoms with Crippen molar-refractivity contribution in [2.45, 2.75) is 19.8 Å². The van der Waals surface area contributed by atoms with E-state index in [9.17, 15) is 18.5 Å². The van der Waals surface area contributed by atoms with Gasteiger partial charge in [-0.05, 0) is 25.8 Å². The van der Waals surface area contributed by atoms with Gasteiger partial charge in [0.15, 0.2) is 0 Å². The molecule has 8 heteroatoms. The molecule has 0 fully saturated rings. The molecule has 0 saturated heterocycles. The summed E-state index contributed by atoms with van der Waals surface area (Å²) in [6.45, 7) is 1.90. The number of unbranched alkanes of at least 4 members (excludes halogenated alkanes) is 1. The van der Waals surface area contributed by atoms with Crippen molar-refractivity contribution in [3.8, 4) is 5.75 Å². The molecule has 0 aromatic heterocycles. The van der Waals surface area contributed by atoms with Crippen molar-refractivity contribution in [3.05, 3.63) is 33.9 Å². The third-order valence-electron chi connectivity index (χ3n) is 2.53. The van der Waals surface area contributed by atoms with Crippen LogP contribution in [0, 0.1) is 17.0 Å². The summed E-state index contributed by atoms with van der Waals surface area (Å²) in [7, 11) is -3.44. The van der Waals surface area contributed by atoms with E-state index in [0.29, 0.717) is 24.2 Å². The van der Waals surface area contributed by atoms with Gasteiger partial charge in [0.2, 0.25) is 10.0 Å². The van der Waals surface area contributed by atoms with E-state index in [2.05, 4.69) is 0 Å². The fraction of sp³-hybridized carbons (Fsp3) is 0.455. The third-order valence-corrected chi connectivity index (χ3v) is 3.39. The SMILES string of the molecule is Cc1c(OCCCCS(N)(=O)=O)cccc1[N+](=O)[O-]. The van der Waals surface area contributed by atoms with E-state index in [-0.39, 0.29) is 18.0 Å². The van der Waals surface area contributed by atoms with Crippen LogP contribution in [0.4, 0.5) is 5.69 Å². The molecule has 0 bridgehead atoms. The first-order valence-corrected chi connectivity index (χ1v) is 7.40. The van der Waals surface area contributed by atoms with Crippen LogP contribution in [0.1, 0.15) is 18.4 Å². The summed E-state index contributed by atoms with van der Waals surface area (Å²) in [5.41, 5.74) is 0.459.